The third-order valence-corrected chi connectivity index (χ3v) is 4.93. The molecule has 6 nitrogen and oxygen atoms in total. The fourth-order valence-electron chi connectivity index (χ4n) is 3.27. The van der Waals surface area contributed by atoms with E-state index >= 15 is 0 Å². The van der Waals surface area contributed by atoms with Crippen LogP contribution in [0.25, 0.3) is 0 Å². The number of carbonyl (C=O) groups excluding carboxylic acids is 2. The average Bonchev–Trinajstić information content (AvgIpc) is 2.73. The Kier molecular flexibility index (Phi) is 5.89. The minimum atomic E-state index is -0.964. The van der Waals surface area contributed by atoms with Gasteiger partial charge >= 0.3 is 5.97 Å². The van der Waals surface area contributed by atoms with Crippen LogP contribution in [0.3, 0.4) is 0 Å². The number of nitrogens with zero attached hydrogens (tertiary/aromatic N) is 1. The van der Waals surface area contributed by atoms with Crippen molar-refractivity contribution in [1.82, 2.24) is 0 Å². The Balaban J connectivity index is 1.67. The van der Waals surface area contributed by atoms with Gasteiger partial charge in [-0.3, -0.25) is 14.4 Å². The fourth-order valence-corrected chi connectivity index (χ4v) is 3.27. The van der Waals surface area contributed by atoms with Gasteiger partial charge in [-0.2, -0.15) is 0 Å². The number of anilines is 2. The van der Waals surface area contributed by atoms with Crippen molar-refractivity contribution in [3.63, 3.8) is 0 Å². The number of carbonyl (C=O) groups is 3. The van der Waals surface area contributed by atoms with E-state index in [1.807, 2.05) is 36.4 Å². The summed E-state index contributed by atoms with van der Waals surface area (Å²) in [4.78, 5) is 38.0. The summed E-state index contributed by atoms with van der Waals surface area (Å²) < 4.78 is 0. The van der Waals surface area contributed by atoms with E-state index in [9.17, 15) is 19.5 Å². The van der Waals surface area contributed by atoms with E-state index in [1.54, 1.807) is 42.3 Å². The lowest BCUT2D eigenvalue weighted by Gasteiger charge is -2.24. The number of nitrogens with one attached hydrogen (secondary N) is 1. The zero-order valence-corrected chi connectivity index (χ0v) is 15.5. The lowest BCUT2D eigenvalue weighted by molar-refractivity contribution is -0.146. The third kappa shape index (κ3) is 4.28. The van der Waals surface area contributed by atoms with Crippen LogP contribution in [0.4, 0.5) is 11.4 Å². The summed E-state index contributed by atoms with van der Waals surface area (Å²) in [6, 6.07) is 15.9. The van der Waals surface area contributed by atoms with Gasteiger partial charge in [0.15, 0.2) is 0 Å². The van der Waals surface area contributed by atoms with Crippen LogP contribution in [-0.4, -0.2) is 29.9 Å². The molecule has 3 rings (SSSR count). The van der Waals surface area contributed by atoms with Crippen LogP contribution >= 0.6 is 0 Å². The van der Waals surface area contributed by atoms with Crippen LogP contribution in [0.2, 0.25) is 0 Å². The van der Waals surface area contributed by atoms with E-state index in [2.05, 4.69) is 5.32 Å². The quantitative estimate of drug-likeness (QED) is 0.779. The number of carboxylic acids is 1. The maximum absolute atomic E-state index is 12.6. The summed E-state index contributed by atoms with van der Waals surface area (Å²) in [5.74, 6) is -2.77. The van der Waals surface area contributed by atoms with Crippen molar-refractivity contribution in [3.8, 4) is 0 Å². The van der Waals surface area contributed by atoms with Crippen molar-refractivity contribution in [2.75, 3.05) is 17.3 Å². The smallest absolute Gasteiger partial charge is 0.307 e. The van der Waals surface area contributed by atoms with E-state index in [0.29, 0.717) is 24.1 Å². The molecule has 1 aliphatic rings. The molecule has 0 radical (unpaired) electrons. The second-order valence-electron chi connectivity index (χ2n) is 6.76. The highest BCUT2D eigenvalue weighted by molar-refractivity contribution is 6.06. The lowest BCUT2D eigenvalue weighted by Crippen LogP contribution is -2.34. The van der Waals surface area contributed by atoms with E-state index in [4.69, 9.17) is 0 Å². The summed E-state index contributed by atoms with van der Waals surface area (Å²) in [5.41, 5.74) is 1.81. The largest absolute Gasteiger partial charge is 0.481 e. The van der Waals surface area contributed by atoms with Gasteiger partial charge in [-0.05, 0) is 49.2 Å². The average molecular weight is 378 g/mol. The first-order valence-electron chi connectivity index (χ1n) is 9.09. The zero-order valence-electron chi connectivity index (χ0n) is 15.5. The molecule has 2 aromatic carbocycles. The van der Waals surface area contributed by atoms with Crippen LogP contribution in [0.15, 0.2) is 66.7 Å². The number of benzene rings is 2. The Bertz CT molecular complexity index is 891. The van der Waals surface area contributed by atoms with Crippen molar-refractivity contribution in [1.29, 1.82) is 0 Å². The number of carboxylic acid groups (broad SMARTS) is 1. The molecule has 0 spiro atoms. The summed E-state index contributed by atoms with van der Waals surface area (Å²) in [7, 11) is 1.70. The molecule has 0 saturated carbocycles. The van der Waals surface area contributed by atoms with Crippen LogP contribution in [0.5, 0.6) is 0 Å². The number of hydrogen-bond acceptors (Lipinski definition) is 3. The molecule has 2 amide bonds. The number of allylic oxidation sites excluding steroid dienone is 2. The number of rotatable bonds is 5. The van der Waals surface area contributed by atoms with Crippen molar-refractivity contribution in [3.05, 3.63) is 72.3 Å². The van der Waals surface area contributed by atoms with Gasteiger partial charge < -0.3 is 15.3 Å². The molecule has 0 fully saturated rings. The maximum Gasteiger partial charge on any atom is 0.307 e. The van der Waals surface area contributed by atoms with Crippen LogP contribution in [0, 0.1) is 11.8 Å². The number of aliphatic carboxylic acids is 1. The van der Waals surface area contributed by atoms with Crippen molar-refractivity contribution >= 4 is 29.2 Å². The molecule has 0 saturated heterocycles. The molecule has 28 heavy (non-hydrogen) atoms. The highest BCUT2D eigenvalue weighted by Crippen LogP contribution is 2.27. The molecule has 6 heteroatoms. The molecule has 2 N–H and O–H groups in total. The normalized spacial score (nSPS) is 18.3. The van der Waals surface area contributed by atoms with Crippen molar-refractivity contribution in [2.24, 2.45) is 11.8 Å². The second kappa shape index (κ2) is 8.52. The molecule has 2 atom stereocenters. The van der Waals surface area contributed by atoms with Gasteiger partial charge in [0.25, 0.3) is 5.91 Å². The Morgan fingerprint density at radius 3 is 2.14 bits per heavy atom. The van der Waals surface area contributed by atoms with Gasteiger partial charge in [0, 0.05) is 24.0 Å². The molecule has 2 aromatic rings. The predicted molar refractivity (Wildman–Crippen MR) is 107 cm³/mol. The predicted octanol–water partition coefficient (Wildman–Crippen LogP) is 3.57. The first-order valence-corrected chi connectivity index (χ1v) is 9.09. The van der Waals surface area contributed by atoms with Gasteiger partial charge in [-0.25, -0.2) is 0 Å². The van der Waals surface area contributed by atoms with Gasteiger partial charge in [0.05, 0.1) is 11.8 Å². The molecule has 0 aliphatic heterocycles. The minimum absolute atomic E-state index is 0.160. The highest BCUT2D eigenvalue weighted by Gasteiger charge is 2.33. The van der Waals surface area contributed by atoms with Crippen molar-refractivity contribution < 1.29 is 19.5 Å². The number of para-hydroxylation sites is 1. The first-order chi connectivity index (χ1) is 13.5. The standard InChI is InChI=1S/C22H22N2O4/c1-24(17-7-3-2-4-8-17)21(26)15-11-13-16(14-12-15)23-20(25)18-9-5-6-10-19(18)22(27)28/h2-8,11-14,18-19H,9-10H2,1H3,(H,23,25)(H,27,28)/t18-,19-/m0/s1. The zero-order chi connectivity index (χ0) is 20.1. The Labute approximate surface area is 163 Å². The first kappa shape index (κ1) is 19.4. The highest BCUT2D eigenvalue weighted by atomic mass is 16.4. The third-order valence-electron chi connectivity index (χ3n) is 4.93. The molecular formula is C22H22N2O4. The summed E-state index contributed by atoms with van der Waals surface area (Å²) in [5, 5.41) is 12.1. The van der Waals surface area contributed by atoms with E-state index in [1.165, 1.54) is 0 Å². The Hall–Kier alpha value is -3.41. The van der Waals surface area contributed by atoms with Gasteiger partial charge in [0.1, 0.15) is 0 Å². The van der Waals surface area contributed by atoms with E-state index < -0.39 is 17.8 Å². The van der Waals surface area contributed by atoms with Gasteiger partial charge in [-0.15, -0.1) is 0 Å². The summed E-state index contributed by atoms with van der Waals surface area (Å²) >= 11 is 0. The number of hydrogen-bond donors (Lipinski definition) is 2. The van der Waals surface area contributed by atoms with Crippen molar-refractivity contribution in [2.45, 2.75) is 12.8 Å². The lowest BCUT2D eigenvalue weighted by atomic mass is 9.82. The molecule has 0 aromatic heterocycles. The second-order valence-corrected chi connectivity index (χ2v) is 6.76. The monoisotopic (exact) mass is 378 g/mol. The van der Waals surface area contributed by atoms with Crippen LogP contribution < -0.4 is 10.2 Å². The number of amides is 2. The molecule has 1 aliphatic carbocycles. The van der Waals surface area contributed by atoms with E-state index in [-0.39, 0.29) is 11.8 Å². The SMILES string of the molecule is CN(C(=O)c1ccc(NC(=O)[C@H]2CC=CC[C@@H]2C(=O)O)cc1)c1ccccc1. The topological polar surface area (TPSA) is 86.7 Å². The summed E-state index contributed by atoms with van der Waals surface area (Å²) in [6.07, 6.45) is 4.39. The summed E-state index contributed by atoms with van der Waals surface area (Å²) in [6.45, 7) is 0. The molecule has 0 bridgehead atoms. The van der Waals surface area contributed by atoms with Crippen LogP contribution in [0.1, 0.15) is 23.2 Å². The van der Waals surface area contributed by atoms with Crippen LogP contribution in [-0.2, 0) is 9.59 Å². The van der Waals surface area contributed by atoms with E-state index in [0.717, 1.165) is 5.69 Å². The van der Waals surface area contributed by atoms with Gasteiger partial charge in [0.2, 0.25) is 5.91 Å². The molecule has 0 unspecified atom stereocenters. The molecule has 144 valence electrons. The van der Waals surface area contributed by atoms with Gasteiger partial charge in [-0.1, -0.05) is 30.4 Å². The minimum Gasteiger partial charge on any atom is -0.481 e. The Morgan fingerprint density at radius 1 is 0.929 bits per heavy atom. The molecule has 0 heterocycles. The molecular weight excluding hydrogens is 356 g/mol. The fraction of sp³-hybridized carbons (Fsp3) is 0.227. The maximum atomic E-state index is 12.6. The Morgan fingerprint density at radius 2 is 1.54 bits per heavy atom.